The summed E-state index contributed by atoms with van der Waals surface area (Å²) in [5.41, 5.74) is 0.803. The number of anilines is 2. The predicted octanol–water partition coefficient (Wildman–Crippen LogP) is 3.89. The van der Waals surface area contributed by atoms with Crippen LogP contribution >= 0.6 is 0 Å². The molecule has 0 aromatic heterocycles. The molecule has 0 aliphatic carbocycles. The van der Waals surface area contributed by atoms with E-state index < -0.39 is 22.5 Å². The number of ether oxygens (including phenoxy) is 2. The zero-order valence-electron chi connectivity index (χ0n) is 16.6. The molecule has 156 valence electrons. The van der Waals surface area contributed by atoms with Crippen LogP contribution < -0.4 is 19.1 Å². The van der Waals surface area contributed by atoms with Crippen molar-refractivity contribution in [3.05, 3.63) is 78.9 Å². The van der Waals surface area contributed by atoms with Crippen LogP contribution in [0.25, 0.3) is 0 Å². The molecular weight excluding hydrogens is 404 g/mol. The molecule has 0 aliphatic rings. The second-order valence-electron chi connectivity index (χ2n) is 6.43. The first-order valence-corrected chi connectivity index (χ1v) is 11.0. The van der Waals surface area contributed by atoms with E-state index in [0.717, 1.165) is 10.6 Å². The van der Waals surface area contributed by atoms with Gasteiger partial charge in [0.2, 0.25) is 15.9 Å². The van der Waals surface area contributed by atoms with E-state index >= 15 is 0 Å². The molecule has 0 fully saturated rings. The van der Waals surface area contributed by atoms with Gasteiger partial charge in [0.05, 0.1) is 19.1 Å². The summed E-state index contributed by atoms with van der Waals surface area (Å²) in [5.74, 6) is 1.05. The van der Waals surface area contributed by atoms with E-state index in [2.05, 4.69) is 5.32 Å². The SMILES string of the molecule is COc1ccc(NC(=O)CN(c2ccccc2Oc2ccccc2)S(C)(=O)=O)cc1. The molecule has 3 rings (SSSR count). The molecule has 7 nitrogen and oxygen atoms in total. The molecule has 0 heterocycles. The number of carbonyl (C=O) groups is 1. The van der Waals surface area contributed by atoms with Crippen molar-refractivity contribution in [3.63, 3.8) is 0 Å². The molecule has 0 unspecified atom stereocenters. The van der Waals surface area contributed by atoms with E-state index in [1.165, 1.54) is 0 Å². The number of hydrogen-bond acceptors (Lipinski definition) is 5. The van der Waals surface area contributed by atoms with Crippen LogP contribution in [0.2, 0.25) is 0 Å². The number of hydrogen-bond donors (Lipinski definition) is 1. The molecule has 0 saturated carbocycles. The highest BCUT2D eigenvalue weighted by atomic mass is 32.2. The number of sulfonamides is 1. The Morgan fingerprint density at radius 1 is 0.900 bits per heavy atom. The fraction of sp³-hybridized carbons (Fsp3) is 0.136. The molecule has 0 atom stereocenters. The first kappa shape index (κ1) is 21.2. The first-order valence-electron chi connectivity index (χ1n) is 9.10. The van der Waals surface area contributed by atoms with E-state index in [4.69, 9.17) is 9.47 Å². The van der Waals surface area contributed by atoms with E-state index in [1.54, 1.807) is 67.8 Å². The van der Waals surface area contributed by atoms with Gasteiger partial charge in [-0.1, -0.05) is 30.3 Å². The van der Waals surface area contributed by atoms with Gasteiger partial charge in [0.25, 0.3) is 0 Å². The molecule has 3 aromatic carbocycles. The highest BCUT2D eigenvalue weighted by molar-refractivity contribution is 7.92. The maximum atomic E-state index is 12.6. The number of nitrogens with one attached hydrogen (secondary N) is 1. The van der Waals surface area contributed by atoms with Crippen molar-refractivity contribution >= 4 is 27.3 Å². The Hall–Kier alpha value is -3.52. The highest BCUT2D eigenvalue weighted by Crippen LogP contribution is 2.33. The average Bonchev–Trinajstić information content (AvgIpc) is 2.73. The monoisotopic (exact) mass is 426 g/mol. The maximum absolute atomic E-state index is 12.6. The lowest BCUT2D eigenvalue weighted by atomic mass is 10.2. The Balaban J connectivity index is 1.83. The van der Waals surface area contributed by atoms with E-state index in [0.29, 0.717) is 22.9 Å². The highest BCUT2D eigenvalue weighted by Gasteiger charge is 2.24. The van der Waals surface area contributed by atoms with Gasteiger partial charge < -0.3 is 14.8 Å². The van der Waals surface area contributed by atoms with Gasteiger partial charge in [-0.3, -0.25) is 9.10 Å². The van der Waals surface area contributed by atoms with Crippen LogP contribution in [0.4, 0.5) is 11.4 Å². The standard InChI is InChI=1S/C22H22N2O5S/c1-28-18-14-12-17(13-15-18)23-22(25)16-24(30(2,26)27)20-10-6-7-11-21(20)29-19-8-4-3-5-9-19/h3-15H,16H2,1-2H3,(H,23,25). The molecule has 0 bridgehead atoms. The van der Waals surface area contributed by atoms with E-state index in [1.807, 2.05) is 18.2 Å². The van der Waals surface area contributed by atoms with Crippen molar-refractivity contribution in [2.75, 3.05) is 29.5 Å². The van der Waals surface area contributed by atoms with Crippen LogP contribution in [-0.2, 0) is 14.8 Å². The maximum Gasteiger partial charge on any atom is 0.245 e. The summed E-state index contributed by atoms with van der Waals surface area (Å²) >= 11 is 0. The third-order valence-corrected chi connectivity index (χ3v) is 5.29. The van der Waals surface area contributed by atoms with Crippen LogP contribution in [0.15, 0.2) is 78.9 Å². The molecular formula is C22H22N2O5S. The van der Waals surface area contributed by atoms with Crippen molar-refractivity contribution in [1.29, 1.82) is 0 Å². The van der Waals surface area contributed by atoms with Crippen LogP contribution in [0.3, 0.4) is 0 Å². The van der Waals surface area contributed by atoms with Gasteiger partial charge in [0.15, 0.2) is 5.75 Å². The van der Waals surface area contributed by atoms with Crippen molar-refractivity contribution in [2.45, 2.75) is 0 Å². The number of nitrogens with zero attached hydrogens (tertiary/aromatic N) is 1. The number of carbonyl (C=O) groups excluding carboxylic acids is 1. The van der Waals surface area contributed by atoms with Gasteiger partial charge >= 0.3 is 0 Å². The fourth-order valence-corrected chi connectivity index (χ4v) is 3.61. The van der Waals surface area contributed by atoms with E-state index in [9.17, 15) is 13.2 Å². The second kappa shape index (κ2) is 9.32. The third-order valence-electron chi connectivity index (χ3n) is 4.17. The van der Waals surface area contributed by atoms with Crippen molar-refractivity contribution < 1.29 is 22.7 Å². The smallest absolute Gasteiger partial charge is 0.245 e. The van der Waals surface area contributed by atoms with Gasteiger partial charge in [0, 0.05) is 5.69 Å². The second-order valence-corrected chi connectivity index (χ2v) is 8.34. The Morgan fingerprint density at radius 2 is 1.53 bits per heavy atom. The average molecular weight is 426 g/mol. The normalized spacial score (nSPS) is 10.9. The zero-order chi connectivity index (χ0) is 21.6. The van der Waals surface area contributed by atoms with Gasteiger partial charge in [-0.2, -0.15) is 0 Å². The summed E-state index contributed by atoms with van der Waals surface area (Å²) < 4.78 is 36.9. The van der Waals surface area contributed by atoms with Crippen molar-refractivity contribution in [3.8, 4) is 17.2 Å². The molecule has 1 N–H and O–H groups in total. The lowest BCUT2D eigenvalue weighted by Crippen LogP contribution is -2.37. The molecule has 1 amide bonds. The summed E-state index contributed by atoms with van der Waals surface area (Å²) in [4.78, 5) is 12.6. The fourth-order valence-electron chi connectivity index (χ4n) is 2.75. The quantitative estimate of drug-likeness (QED) is 0.591. The van der Waals surface area contributed by atoms with Gasteiger partial charge in [-0.05, 0) is 48.5 Å². The summed E-state index contributed by atoms with van der Waals surface area (Å²) in [6, 6.07) is 22.4. The number of amides is 1. The minimum atomic E-state index is -3.76. The molecule has 0 spiro atoms. The minimum absolute atomic E-state index is 0.272. The number of methoxy groups -OCH3 is 1. The molecule has 0 aliphatic heterocycles. The predicted molar refractivity (Wildman–Crippen MR) is 117 cm³/mol. The minimum Gasteiger partial charge on any atom is -0.497 e. The molecule has 30 heavy (non-hydrogen) atoms. The molecule has 0 saturated heterocycles. The molecule has 0 radical (unpaired) electrons. The van der Waals surface area contributed by atoms with E-state index in [-0.39, 0.29) is 5.69 Å². The van der Waals surface area contributed by atoms with Crippen LogP contribution in [0.1, 0.15) is 0 Å². The lowest BCUT2D eigenvalue weighted by Gasteiger charge is -2.24. The third kappa shape index (κ3) is 5.51. The summed E-state index contributed by atoms with van der Waals surface area (Å²) in [6.45, 7) is -0.403. The zero-order valence-corrected chi connectivity index (χ0v) is 17.4. The van der Waals surface area contributed by atoms with Crippen molar-refractivity contribution in [2.24, 2.45) is 0 Å². The first-order chi connectivity index (χ1) is 14.4. The summed E-state index contributed by atoms with van der Waals surface area (Å²) in [6.07, 6.45) is 1.05. The Kier molecular flexibility index (Phi) is 6.58. The Labute approximate surface area is 175 Å². The Bertz CT molecular complexity index is 1100. The Morgan fingerprint density at radius 3 is 2.17 bits per heavy atom. The lowest BCUT2D eigenvalue weighted by molar-refractivity contribution is -0.114. The van der Waals surface area contributed by atoms with Crippen LogP contribution in [-0.4, -0.2) is 34.2 Å². The number of benzene rings is 3. The largest absolute Gasteiger partial charge is 0.497 e. The van der Waals surface area contributed by atoms with Crippen LogP contribution in [0.5, 0.6) is 17.2 Å². The number of para-hydroxylation sites is 3. The van der Waals surface area contributed by atoms with Gasteiger partial charge in [-0.25, -0.2) is 8.42 Å². The van der Waals surface area contributed by atoms with Crippen molar-refractivity contribution in [1.82, 2.24) is 0 Å². The molecule has 3 aromatic rings. The van der Waals surface area contributed by atoms with Gasteiger partial charge in [0.1, 0.15) is 18.0 Å². The van der Waals surface area contributed by atoms with Gasteiger partial charge in [-0.15, -0.1) is 0 Å². The summed E-state index contributed by atoms with van der Waals surface area (Å²) in [5, 5.41) is 2.69. The topological polar surface area (TPSA) is 84.9 Å². The number of rotatable bonds is 8. The van der Waals surface area contributed by atoms with Crippen LogP contribution in [0, 0.1) is 0 Å². The molecule has 8 heteroatoms. The summed E-state index contributed by atoms with van der Waals surface area (Å²) in [7, 11) is -2.21.